The number of imidazole rings is 1. The van der Waals surface area contributed by atoms with Gasteiger partial charge in [0.25, 0.3) is 0 Å². The van der Waals surface area contributed by atoms with E-state index in [1.54, 1.807) is 29.6 Å². The summed E-state index contributed by atoms with van der Waals surface area (Å²) in [6.45, 7) is 1.90. The van der Waals surface area contributed by atoms with Crippen LogP contribution in [-0.2, 0) is 0 Å². The lowest BCUT2D eigenvalue weighted by atomic mass is 10.3. The van der Waals surface area contributed by atoms with Crippen molar-refractivity contribution in [3.8, 4) is 0 Å². The number of nitrogen functional groups attached to an aromatic ring is 1. The van der Waals surface area contributed by atoms with Crippen LogP contribution in [0, 0.1) is 0 Å². The molecule has 90 valence electrons. The maximum atomic E-state index is 11.1. The molecule has 0 aliphatic heterocycles. The van der Waals surface area contributed by atoms with Crippen LogP contribution in [0.5, 0.6) is 0 Å². The number of hydrogen-bond acceptors (Lipinski definition) is 4. The van der Waals surface area contributed by atoms with Crippen molar-refractivity contribution in [1.29, 1.82) is 0 Å². The molecule has 2 heterocycles. The normalized spacial score (nSPS) is 12.8. The topological polar surface area (TPSA) is 92.6 Å². The van der Waals surface area contributed by atoms with Crippen molar-refractivity contribution in [2.45, 2.75) is 13.0 Å². The highest BCUT2D eigenvalue weighted by molar-refractivity contribution is 5.94. The fourth-order valence-corrected chi connectivity index (χ4v) is 1.77. The summed E-state index contributed by atoms with van der Waals surface area (Å²) < 4.78 is 1.66. The minimum absolute atomic E-state index is 0.0226. The summed E-state index contributed by atoms with van der Waals surface area (Å²) >= 11 is 0. The Morgan fingerprint density at radius 1 is 1.59 bits per heavy atom. The van der Waals surface area contributed by atoms with E-state index in [1.807, 2.05) is 6.92 Å². The van der Waals surface area contributed by atoms with Crippen LogP contribution in [0.2, 0.25) is 0 Å². The number of pyridine rings is 1. The van der Waals surface area contributed by atoms with E-state index in [2.05, 4.69) is 10.3 Å². The van der Waals surface area contributed by atoms with E-state index in [0.717, 1.165) is 0 Å². The average molecular weight is 234 g/mol. The van der Waals surface area contributed by atoms with Crippen LogP contribution in [0.25, 0.3) is 5.52 Å². The lowest BCUT2D eigenvalue weighted by Gasteiger charge is -2.10. The Kier molecular flexibility index (Phi) is 2.72. The molecular weight excluding hydrogens is 220 g/mol. The highest BCUT2D eigenvalue weighted by Crippen LogP contribution is 2.21. The maximum absolute atomic E-state index is 11.1. The van der Waals surface area contributed by atoms with Gasteiger partial charge in [0.1, 0.15) is 11.6 Å². The van der Waals surface area contributed by atoms with Crippen molar-refractivity contribution in [3.63, 3.8) is 0 Å². The van der Waals surface area contributed by atoms with Crippen LogP contribution < -0.4 is 11.1 Å². The van der Waals surface area contributed by atoms with Crippen LogP contribution >= 0.6 is 0 Å². The number of carbonyl (C=O) groups is 1. The lowest BCUT2D eigenvalue weighted by molar-refractivity contribution is 0.0693. The Bertz CT molecular complexity index is 576. The van der Waals surface area contributed by atoms with Crippen LogP contribution in [-0.4, -0.2) is 27.5 Å². The molecule has 0 radical (unpaired) electrons. The van der Waals surface area contributed by atoms with E-state index in [-0.39, 0.29) is 11.7 Å². The van der Waals surface area contributed by atoms with E-state index in [9.17, 15) is 4.79 Å². The number of nitrogens with zero attached hydrogens (tertiary/aromatic N) is 2. The molecule has 0 fully saturated rings. The Morgan fingerprint density at radius 3 is 2.88 bits per heavy atom. The highest BCUT2D eigenvalue weighted by Gasteiger charge is 2.20. The molecule has 1 unspecified atom stereocenters. The Hall–Kier alpha value is -2.08. The van der Waals surface area contributed by atoms with Gasteiger partial charge in [-0.05, 0) is 26.1 Å². The van der Waals surface area contributed by atoms with Crippen molar-refractivity contribution in [3.05, 3.63) is 29.7 Å². The van der Waals surface area contributed by atoms with Gasteiger partial charge in [-0.1, -0.05) is 6.07 Å². The van der Waals surface area contributed by atoms with E-state index in [1.165, 1.54) is 0 Å². The van der Waals surface area contributed by atoms with E-state index in [4.69, 9.17) is 10.8 Å². The number of anilines is 1. The van der Waals surface area contributed by atoms with Gasteiger partial charge in [-0.2, -0.15) is 0 Å². The number of aromatic carboxylic acids is 1. The lowest BCUT2D eigenvalue weighted by Crippen LogP contribution is -2.16. The van der Waals surface area contributed by atoms with Gasteiger partial charge in [-0.15, -0.1) is 0 Å². The van der Waals surface area contributed by atoms with Crippen molar-refractivity contribution < 1.29 is 9.90 Å². The number of rotatable bonds is 3. The minimum atomic E-state index is -1.05. The van der Waals surface area contributed by atoms with E-state index < -0.39 is 5.97 Å². The van der Waals surface area contributed by atoms with Crippen LogP contribution in [0.4, 0.5) is 5.82 Å². The smallest absolute Gasteiger partial charge is 0.356 e. The monoisotopic (exact) mass is 234 g/mol. The van der Waals surface area contributed by atoms with Crippen molar-refractivity contribution >= 4 is 17.3 Å². The zero-order valence-electron chi connectivity index (χ0n) is 9.64. The minimum Gasteiger partial charge on any atom is -0.476 e. The van der Waals surface area contributed by atoms with Gasteiger partial charge < -0.3 is 16.2 Å². The van der Waals surface area contributed by atoms with Gasteiger partial charge in [-0.25, -0.2) is 9.78 Å². The predicted molar refractivity (Wildman–Crippen MR) is 64.0 cm³/mol. The summed E-state index contributed by atoms with van der Waals surface area (Å²) in [6.07, 6.45) is 0. The summed E-state index contributed by atoms with van der Waals surface area (Å²) in [7, 11) is 1.78. The third-order valence-corrected chi connectivity index (χ3v) is 2.74. The van der Waals surface area contributed by atoms with Gasteiger partial charge in [0.15, 0.2) is 5.69 Å². The van der Waals surface area contributed by atoms with Gasteiger partial charge in [-0.3, -0.25) is 4.40 Å². The maximum Gasteiger partial charge on any atom is 0.356 e. The van der Waals surface area contributed by atoms with Crippen LogP contribution in [0.15, 0.2) is 18.2 Å². The predicted octanol–water partition coefficient (Wildman–Crippen LogP) is 0.895. The van der Waals surface area contributed by atoms with Gasteiger partial charge in [0.2, 0.25) is 0 Å². The second kappa shape index (κ2) is 4.06. The molecule has 6 heteroatoms. The Morgan fingerprint density at radius 2 is 2.29 bits per heavy atom. The Labute approximate surface area is 98.1 Å². The third-order valence-electron chi connectivity index (χ3n) is 2.74. The average Bonchev–Trinajstić information content (AvgIpc) is 2.69. The van der Waals surface area contributed by atoms with Crippen molar-refractivity contribution in [1.82, 2.24) is 14.7 Å². The zero-order valence-corrected chi connectivity index (χ0v) is 9.64. The van der Waals surface area contributed by atoms with Gasteiger partial charge >= 0.3 is 5.97 Å². The second-order valence-electron chi connectivity index (χ2n) is 3.81. The zero-order chi connectivity index (χ0) is 12.6. The standard InChI is InChI=1S/C11H14N4O2/c1-6(13-2)10-14-9(11(16)17)7-4-3-5-8(12)15(7)10/h3-6,13H,12H2,1-2H3,(H,16,17). The second-order valence-corrected chi connectivity index (χ2v) is 3.81. The summed E-state index contributed by atoms with van der Waals surface area (Å²) in [5.74, 6) is 0.0141. The van der Waals surface area contributed by atoms with Crippen molar-refractivity contribution in [2.75, 3.05) is 12.8 Å². The summed E-state index contributed by atoms with van der Waals surface area (Å²) in [5, 5.41) is 12.1. The molecule has 0 aromatic carbocycles. The van der Waals surface area contributed by atoms with Gasteiger partial charge in [0, 0.05) is 0 Å². The molecular formula is C11H14N4O2. The molecule has 6 nitrogen and oxygen atoms in total. The number of nitrogens with one attached hydrogen (secondary N) is 1. The summed E-state index contributed by atoms with van der Waals surface area (Å²) in [4.78, 5) is 15.3. The van der Waals surface area contributed by atoms with Crippen molar-refractivity contribution in [2.24, 2.45) is 0 Å². The number of hydrogen-bond donors (Lipinski definition) is 3. The molecule has 0 aliphatic carbocycles. The fourth-order valence-electron chi connectivity index (χ4n) is 1.77. The molecule has 2 aromatic heterocycles. The largest absolute Gasteiger partial charge is 0.476 e. The first-order valence-electron chi connectivity index (χ1n) is 5.23. The quantitative estimate of drug-likeness (QED) is 0.733. The molecule has 0 spiro atoms. The molecule has 17 heavy (non-hydrogen) atoms. The van der Waals surface area contributed by atoms with E-state index >= 15 is 0 Å². The number of fused-ring (bicyclic) bond motifs is 1. The van der Waals surface area contributed by atoms with Crippen LogP contribution in [0.3, 0.4) is 0 Å². The third kappa shape index (κ3) is 1.72. The molecule has 1 atom stereocenters. The van der Waals surface area contributed by atoms with Gasteiger partial charge in [0.05, 0.1) is 11.6 Å². The van der Waals surface area contributed by atoms with Crippen LogP contribution in [0.1, 0.15) is 29.3 Å². The first-order chi connectivity index (χ1) is 8.06. The number of nitrogens with two attached hydrogens (primary N) is 1. The summed E-state index contributed by atoms with van der Waals surface area (Å²) in [6, 6.07) is 5.04. The SMILES string of the molecule is CNC(C)c1nc(C(=O)O)c2cccc(N)n12. The summed E-state index contributed by atoms with van der Waals surface area (Å²) in [5.41, 5.74) is 6.40. The highest BCUT2D eigenvalue weighted by atomic mass is 16.4. The molecule has 0 saturated carbocycles. The molecule has 0 aliphatic rings. The molecule has 0 saturated heterocycles. The molecule has 0 amide bonds. The first kappa shape index (κ1) is 11.4. The number of aromatic nitrogens is 2. The molecule has 4 N–H and O–H groups in total. The molecule has 0 bridgehead atoms. The fraction of sp³-hybridized carbons (Fsp3) is 0.273. The molecule has 2 aromatic rings. The number of carboxylic acid groups (broad SMARTS) is 1. The number of carboxylic acids is 1. The molecule has 2 rings (SSSR count). The first-order valence-corrected chi connectivity index (χ1v) is 5.23. The Balaban J connectivity index is 2.80. The van der Waals surface area contributed by atoms with E-state index in [0.29, 0.717) is 17.2 Å².